The molecule has 1 aromatic heterocycles. The van der Waals surface area contributed by atoms with E-state index in [0.29, 0.717) is 27.6 Å². The van der Waals surface area contributed by atoms with Gasteiger partial charge in [-0.25, -0.2) is 0 Å². The third-order valence-corrected chi connectivity index (χ3v) is 4.18. The number of methoxy groups -OCH3 is 2. The predicted molar refractivity (Wildman–Crippen MR) is 86.7 cm³/mol. The van der Waals surface area contributed by atoms with Gasteiger partial charge in [0.15, 0.2) is 11.5 Å². The minimum Gasteiger partial charge on any atom is -0.493 e. The lowest BCUT2D eigenvalue weighted by Crippen LogP contribution is -2.30. The SMILES string of the molecule is COc1ccc(C(CC(=O)O)NC(=O)c2snnc2C)cc1OC. The van der Waals surface area contributed by atoms with Crippen molar-refractivity contribution in [2.24, 2.45) is 0 Å². The molecule has 0 aliphatic heterocycles. The number of benzene rings is 1. The van der Waals surface area contributed by atoms with Gasteiger partial charge in [0.1, 0.15) is 4.88 Å². The van der Waals surface area contributed by atoms with Crippen LogP contribution in [0.5, 0.6) is 11.5 Å². The number of carboxylic acid groups (broad SMARTS) is 1. The van der Waals surface area contributed by atoms with Crippen molar-refractivity contribution < 1.29 is 24.2 Å². The molecule has 24 heavy (non-hydrogen) atoms. The van der Waals surface area contributed by atoms with Gasteiger partial charge >= 0.3 is 5.97 Å². The molecule has 0 radical (unpaired) electrons. The van der Waals surface area contributed by atoms with E-state index in [9.17, 15) is 9.59 Å². The molecule has 0 aliphatic rings. The molecule has 0 saturated carbocycles. The second-order valence-electron chi connectivity index (χ2n) is 4.93. The molecule has 1 atom stereocenters. The quantitative estimate of drug-likeness (QED) is 0.782. The summed E-state index contributed by atoms with van der Waals surface area (Å²) in [5.41, 5.74) is 1.09. The molecule has 0 saturated heterocycles. The van der Waals surface area contributed by atoms with E-state index in [2.05, 4.69) is 14.9 Å². The first-order valence-electron chi connectivity index (χ1n) is 6.99. The van der Waals surface area contributed by atoms with Crippen LogP contribution in [0.15, 0.2) is 18.2 Å². The van der Waals surface area contributed by atoms with Crippen LogP contribution in [0.25, 0.3) is 0 Å². The lowest BCUT2D eigenvalue weighted by atomic mass is 10.0. The molecule has 0 aliphatic carbocycles. The highest BCUT2D eigenvalue weighted by molar-refractivity contribution is 7.08. The Balaban J connectivity index is 2.30. The van der Waals surface area contributed by atoms with Crippen molar-refractivity contribution in [1.29, 1.82) is 0 Å². The number of amides is 1. The van der Waals surface area contributed by atoms with Gasteiger partial charge in [-0.3, -0.25) is 9.59 Å². The number of ether oxygens (including phenoxy) is 2. The molecule has 0 bridgehead atoms. The number of carbonyl (C=O) groups excluding carboxylic acids is 1. The number of aliphatic carboxylic acids is 1. The first-order valence-corrected chi connectivity index (χ1v) is 7.77. The Morgan fingerprint density at radius 1 is 1.29 bits per heavy atom. The predicted octanol–water partition coefficient (Wildman–Crippen LogP) is 1.81. The summed E-state index contributed by atoms with van der Waals surface area (Å²) >= 11 is 0.962. The number of nitrogens with one attached hydrogen (secondary N) is 1. The summed E-state index contributed by atoms with van der Waals surface area (Å²) in [5, 5.41) is 15.6. The van der Waals surface area contributed by atoms with E-state index < -0.39 is 17.9 Å². The first kappa shape index (κ1) is 17.7. The van der Waals surface area contributed by atoms with Gasteiger partial charge in [-0.05, 0) is 36.2 Å². The summed E-state index contributed by atoms with van der Waals surface area (Å²) in [7, 11) is 2.99. The van der Waals surface area contributed by atoms with Crippen LogP contribution in [0.4, 0.5) is 0 Å². The van der Waals surface area contributed by atoms with E-state index >= 15 is 0 Å². The maximum atomic E-state index is 12.3. The zero-order chi connectivity index (χ0) is 17.7. The molecule has 1 aromatic carbocycles. The van der Waals surface area contributed by atoms with Gasteiger partial charge in [-0.1, -0.05) is 10.6 Å². The second kappa shape index (κ2) is 7.73. The fourth-order valence-electron chi connectivity index (χ4n) is 2.16. The number of nitrogens with zero attached hydrogens (tertiary/aromatic N) is 2. The number of carbonyl (C=O) groups is 2. The zero-order valence-corrected chi connectivity index (χ0v) is 14.2. The first-order chi connectivity index (χ1) is 11.5. The molecule has 128 valence electrons. The molecule has 1 unspecified atom stereocenters. The van der Waals surface area contributed by atoms with Crippen LogP contribution in [0.2, 0.25) is 0 Å². The maximum absolute atomic E-state index is 12.3. The average Bonchev–Trinajstić information content (AvgIpc) is 2.99. The smallest absolute Gasteiger partial charge is 0.305 e. The van der Waals surface area contributed by atoms with E-state index in [1.165, 1.54) is 14.2 Å². The molecule has 0 fully saturated rings. The summed E-state index contributed by atoms with van der Waals surface area (Å²) in [4.78, 5) is 23.9. The molecular weight excluding hydrogens is 334 g/mol. The molecule has 8 nitrogen and oxygen atoms in total. The van der Waals surface area contributed by atoms with Gasteiger partial charge in [0.25, 0.3) is 5.91 Å². The van der Waals surface area contributed by atoms with Gasteiger partial charge in [-0.15, -0.1) is 5.10 Å². The van der Waals surface area contributed by atoms with Crippen molar-refractivity contribution in [3.63, 3.8) is 0 Å². The number of aryl methyl sites for hydroxylation is 1. The standard InChI is InChI=1S/C15H17N3O5S/c1-8-14(24-18-17-8)15(21)16-10(7-13(19)20)9-4-5-11(22-2)12(6-9)23-3/h4-6,10H,7H2,1-3H3,(H,16,21)(H,19,20). The Morgan fingerprint density at radius 3 is 2.54 bits per heavy atom. The van der Waals surface area contributed by atoms with Crippen LogP contribution in [-0.4, -0.2) is 40.8 Å². The number of hydrogen-bond donors (Lipinski definition) is 2. The van der Waals surface area contributed by atoms with Crippen LogP contribution in [-0.2, 0) is 4.79 Å². The highest BCUT2D eigenvalue weighted by Gasteiger charge is 2.22. The molecule has 2 aromatic rings. The van der Waals surface area contributed by atoms with Crippen LogP contribution in [0, 0.1) is 6.92 Å². The molecule has 0 spiro atoms. The van der Waals surface area contributed by atoms with E-state index in [-0.39, 0.29) is 6.42 Å². The lowest BCUT2D eigenvalue weighted by Gasteiger charge is -2.18. The lowest BCUT2D eigenvalue weighted by molar-refractivity contribution is -0.137. The fraction of sp³-hybridized carbons (Fsp3) is 0.333. The summed E-state index contributed by atoms with van der Waals surface area (Å²) in [6, 6.07) is 4.27. The van der Waals surface area contributed by atoms with Crippen molar-refractivity contribution in [2.75, 3.05) is 14.2 Å². The van der Waals surface area contributed by atoms with E-state index in [1.54, 1.807) is 25.1 Å². The minimum absolute atomic E-state index is 0.271. The van der Waals surface area contributed by atoms with Crippen LogP contribution >= 0.6 is 11.5 Å². The molecular formula is C15H17N3O5S. The van der Waals surface area contributed by atoms with Gasteiger partial charge in [-0.2, -0.15) is 0 Å². The monoisotopic (exact) mass is 351 g/mol. The highest BCUT2D eigenvalue weighted by Crippen LogP contribution is 2.31. The Morgan fingerprint density at radius 2 is 2.00 bits per heavy atom. The number of rotatable bonds is 7. The van der Waals surface area contributed by atoms with Crippen LogP contribution in [0.3, 0.4) is 0 Å². The van der Waals surface area contributed by atoms with Crippen LogP contribution < -0.4 is 14.8 Å². The third kappa shape index (κ3) is 3.99. The molecule has 2 N–H and O–H groups in total. The van der Waals surface area contributed by atoms with Crippen LogP contribution in [0.1, 0.15) is 33.4 Å². The number of aromatic nitrogens is 2. The zero-order valence-electron chi connectivity index (χ0n) is 13.4. The molecule has 9 heteroatoms. The number of hydrogen-bond acceptors (Lipinski definition) is 7. The van der Waals surface area contributed by atoms with Gasteiger partial charge < -0.3 is 19.9 Å². The topological polar surface area (TPSA) is 111 Å². The van der Waals surface area contributed by atoms with E-state index in [1.807, 2.05) is 0 Å². The highest BCUT2D eigenvalue weighted by atomic mass is 32.1. The summed E-state index contributed by atoms with van der Waals surface area (Å²) in [5.74, 6) is -0.475. The largest absolute Gasteiger partial charge is 0.493 e. The molecule has 2 rings (SSSR count). The van der Waals surface area contributed by atoms with Crippen molar-refractivity contribution in [3.8, 4) is 11.5 Å². The minimum atomic E-state index is -1.03. The summed E-state index contributed by atoms with van der Waals surface area (Å²) < 4.78 is 14.1. The normalized spacial score (nSPS) is 11.6. The maximum Gasteiger partial charge on any atom is 0.305 e. The Kier molecular flexibility index (Phi) is 5.69. The van der Waals surface area contributed by atoms with Crippen molar-refractivity contribution in [2.45, 2.75) is 19.4 Å². The van der Waals surface area contributed by atoms with Gasteiger partial charge in [0.05, 0.1) is 32.4 Å². The number of carboxylic acids is 1. The third-order valence-electron chi connectivity index (χ3n) is 3.35. The second-order valence-corrected chi connectivity index (χ2v) is 5.68. The fourth-order valence-corrected chi connectivity index (χ4v) is 2.72. The summed E-state index contributed by atoms with van der Waals surface area (Å²) in [6.45, 7) is 1.67. The van der Waals surface area contributed by atoms with Gasteiger partial charge in [0.2, 0.25) is 0 Å². The van der Waals surface area contributed by atoms with E-state index in [0.717, 1.165) is 11.5 Å². The Bertz CT molecular complexity index is 746. The molecule has 1 heterocycles. The molecule has 1 amide bonds. The van der Waals surface area contributed by atoms with Crippen molar-refractivity contribution in [3.05, 3.63) is 34.3 Å². The van der Waals surface area contributed by atoms with Gasteiger partial charge in [0, 0.05) is 0 Å². The van der Waals surface area contributed by atoms with Crippen molar-refractivity contribution in [1.82, 2.24) is 14.9 Å². The van der Waals surface area contributed by atoms with Crippen molar-refractivity contribution >= 4 is 23.4 Å². The average molecular weight is 351 g/mol. The summed E-state index contributed by atoms with van der Waals surface area (Å²) in [6.07, 6.45) is -0.271. The van der Waals surface area contributed by atoms with E-state index in [4.69, 9.17) is 14.6 Å². The Labute approximate surface area is 142 Å². The Hall–Kier alpha value is -2.68.